The molecule has 0 fully saturated rings. The van der Waals surface area contributed by atoms with Crippen LogP contribution in [-0.4, -0.2) is 10.2 Å². The van der Waals surface area contributed by atoms with Gasteiger partial charge in [-0.25, -0.2) is 0 Å². The summed E-state index contributed by atoms with van der Waals surface area (Å²) in [4.78, 5) is 0. The summed E-state index contributed by atoms with van der Waals surface area (Å²) >= 11 is 1.52. The molecule has 1 aromatic carbocycles. The first-order chi connectivity index (χ1) is 8.29. The monoisotopic (exact) mass is 247 g/mol. The van der Waals surface area contributed by atoms with Crippen LogP contribution in [0.3, 0.4) is 0 Å². The molecule has 0 radical (unpaired) electrons. The van der Waals surface area contributed by atoms with Crippen LogP contribution in [0.25, 0.3) is 0 Å². The number of rotatable bonds is 5. The lowest BCUT2D eigenvalue weighted by molar-refractivity contribution is 0.867. The number of hydrogen-bond donors (Lipinski definition) is 1. The third-order valence-electron chi connectivity index (χ3n) is 2.72. The molecular weight excluding hydrogens is 230 g/mol. The zero-order chi connectivity index (χ0) is 12.1. The van der Waals surface area contributed by atoms with Crippen LogP contribution in [0.5, 0.6) is 0 Å². The number of hydrogen-bond acceptors (Lipinski definition) is 4. The third kappa shape index (κ3) is 3.27. The van der Waals surface area contributed by atoms with Gasteiger partial charge in [0.25, 0.3) is 0 Å². The first-order valence-electron chi connectivity index (χ1n) is 5.91. The minimum atomic E-state index is 0.263. The molecule has 4 heteroatoms. The van der Waals surface area contributed by atoms with Gasteiger partial charge in [-0.15, -0.1) is 10.2 Å². The van der Waals surface area contributed by atoms with Crippen LogP contribution in [0.2, 0.25) is 0 Å². The molecule has 90 valence electrons. The molecule has 0 amide bonds. The van der Waals surface area contributed by atoms with Gasteiger partial charge in [0.15, 0.2) is 0 Å². The van der Waals surface area contributed by atoms with E-state index in [0.29, 0.717) is 0 Å². The van der Waals surface area contributed by atoms with Gasteiger partial charge in [0, 0.05) is 0 Å². The van der Waals surface area contributed by atoms with Gasteiger partial charge in [0.05, 0.1) is 6.04 Å². The fourth-order valence-electron chi connectivity index (χ4n) is 1.77. The second-order valence-corrected chi connectivity index (χ2v) is 4.93. The van der Waals surface area contributed by atoms with Gasteiger partial charge in [-0.1, -0.05) is 48.9 Å². The third-order valence-corrected chi connectivity index (χ3v) is 3.34. The van der Waals surface area contributed by atoms with E-state index in [9.17, 15) is 0 Å². The summed E-state index contributed by atoms with van der Waals surface area (Å²) in [5.41, 5.74) is 4.42. The van der Waals surface area contributed by atoms with Gasteiger partial charge in [-0.05, 0) is 24.5 Å². The van der Waals surface area contributed by atoms with Crippen molar-refractivity contribution in [2.75, 3.05) is 5.32 Å². The van der Waals surface area contributed by atoms with E-state index in [1.165, 1.54) is 28.9 Å². The van der Waals surface area contributed by atoms with Crippen molar-refractivity contribution in [3.05, 3.63) is 40.9 Å². The first-order valence-corrected chi connectivity index (χ1v) is 6.79. The predicted molar refractivity (Wildman–Crippen MR) is 72.4 cm³/mol. The fraction of sp³-hybridized carbons (Fsp3) is 0.385. The highest BCUT2D eigenvalue weighted by Crippen LogP contribution is 2.20. The Balaban J connectivity index is 2.01. The van der Waals surface area contributed by atoms with Crippen molar-refractivity contribution in [1.82, 2.24) is 10.2 Å². The summed E-state index contributed by atoms with van der Waals surface area (Å²) < 4.78 is 0. The molecule has 3 nitrogen and oxygen atoms in total. The molecule has 0 saturated carbocycles. The molecule has 2 rings (SSSR count). The lowest BCUT2D eigenvalue weighted by Gasteiger charge is -2.13. The zero-order valence-corrected chi connectivity index (χ0v) is 11.0. The van der Waals surface area contributed by atoms with E-state index in [1.807, 2.05) is 0 Å². The standard InChI is InChI=1S/C13H17N3S/c1-3-4-11-5-7-12(8-6-11)10(2)15-13-16-14-9-17-13/h5-10H,3-4H2,1-2H3,(H,15,16). The molecule has 2 aromatic rings. The Kier molecular flexibility index (Phi) is 4.09. The van der Waals surface area contributed by atoms with E-state index in [2.05, 4.69) is 53.6 Å². The number of nitrogens with one attached hydrogen (secondary N) is 1. The summed E-state index contributed by atoms with van der Waals surface area (Å²) in [5.74, 6) is 0. The average molecular weight is 247 g/mol. The van der Waals surface area contributed by atoms with Gasteiger partial charge in [-0.3, -0.25) is 0 Å². The Bertz CT molecular complexity index is 436. The zero-order valence-electron chi connectivity index (χ0n) is 10.2. The Morgan fingerprint density at radius 2 is 2.06 bits per heavy atom. The maximum absolute atomic E-state index is 3.99. The van der Waals surface area contributed by atoms with Crippen LogP contribution < -0.4 is 5.32 Å². The van der Waals surface area contributed by atoms with Gasteiger partial charge < -0.3 is 5.32 Å². The smallest absolute Gasteiger partial charge is 0.205 e. The highest BCUT2D eigenvalue weighted by atomic mass is 32.1. The van der Waals surface area contributed by atoms with Crippen LogP contribution in [0.4, 0.5) is 5.13 Å². The first kappa shape index (κ1) is 12.0. The molecule has 0 saturated heterocycles. The van der Waals surface area contributed by atoms with Crippen molar-refractivity contribution in [1.29, 1.82) is 0 Å². The molecule has 0 spiro atoms. The van der Waals surface area contributed by atoms with Crippen molar-refractivity contribution in [2.45, 2.75) is 32.7 Å². The molecule has 1 N–H and O–H groups in total. The summed E-state index contributed by atoms with van der Waals surface area (Å²) in [6, 6.07) is 9.04. The second kappa shape index (κ2) is 5.77. The molecule has 1 atom stereocenters. The van der Waals surface area contributed by atoms with Crippen molar-refractivity contribution in [3.8, 4) is 0 Å². The molecule has 1 unspecified atom stereocenters. The summed E-state index contributed by atoms with van der Waals surface area (Å²) in [6.45, 7) is 4.34. The number of benzene rings is 1. The van der Waals surface area contributed by atoms with Crippen molar-refractivity contribution >= 4 is 16.5 Å². The van der Waals surface area contributed by atoms with E-state index in [-0.39, 0.29) is 6.04 Å². The summed E-state index contributed by atoms with van der Waals surface area (Å²) in [7, 11) is 0. The quantitative estimate of drug-likeness (QED) is 0.876. The highest BCUT2D eigenvalue weighted by molar-refractivity contribution is 7.13. The van der Waals surface area contributed by atoms with Crippen LogP contribution in [0.1, 0.15) is 37.4 Å². The molecule has 1 aromatic heterocycles. The van der Waals surface area contributed by atoms with Crippen molar-refractivity contribution < 1.29 is 0 Å². The van der Waals surface area contributed by atoms with Crippen LogP contribution >= 0.6 is 11.3 Å². The Hall–Kier alpha value is -1.42. The average Bonchev–Trinajstić information content (AvgIpc) is 2.83. The lowest BCUT2D eigenvalue weighted by atomic mass is 10.0. The molecule has 0 aliphatic carbocycles. The number of anilines is 1. The SMILES string of the molecule is CCCc1ccc(C(C)Nc2nncs2)cc1. The van der Waals surface area contributed by atoms with E-state index < -0.39 is 0 Å². The maximum Gasteiger partial charge on any atom is 0.205 e. The Labute approximate surface area is 106 Å². The molecular formula is C13H17N3S. The fourth-order valence-corrected chi connectivity index (χ4v) is 2.30. The number of aromatic nitrogens is 2. The van der Waals surface area contributed by atoms with Crippen molar-refractivity contribution in [3.63, 3.8) is 0 Å². The van der Waals surface area contributed by atoms with Gasteiger partial charge in [0.2, 0.25) is 5.13 Å². The maximum atomic E-state index is 3.99. The molecule has 0 bridgehead atoms. The summed E-state index contributed by atoms with van der Waals surface area (Å²) in [6.07, 6.45) is 2.34. The van der Waals surface area contributed by atoms with Crippen LogP contribution in [0, 0.1) is 0 Å². The lowest BCUT2D eigenvalue weighted by Crippen LogP contribution is -2.06. The second-order valence-electron chi connectivity index (χ2n) is 4.10. The van der Waals surface area contributed by atoms with Crippen molar-refractivity contribution in [2.24, 2.45) is 0 Å². The van der Waals surface area contributed by atoms with E-state index in [4.69, 9.17) is 0 Å². The van der Waals surface area contributed by atoms with Crippen LogP contribution in [-0.2, 0) is 6.42 Å². The molecule has 17 heavy (non-hydrogen) atoms. The molecule has 0 aliphatic heterocycles. The van der Waals surface area contributed by atoms with E-state index in [1.54, 1.807) is 5.51 Å². The predicted octanol–water partition coefficient (Wildman–Crippen LogP) is 3.66. The minimum Gasteiger partial charge on any atom is -0.354 e. The molecule has 0 aliphatic rings. The topological polar surface area (TPSA) is 37.8 Å². The Morgan fingerprint density at radius 1 is 1.29 bits per heavy atom. The normalized spacial score (nSPS) is 12.4. The minimum absolute atomic E-state index is 0.263. The summed E-state index contributed by atoms with van der Waals surface area (Å²) in [5, 5.41) is 12.0. The van der Waals surface area contributed by atoms with E-state index in [0.717, 1.165) is 11.6 Å². The van der Waals surface area contributed by atoms with E-state index >= 15 is 0 Å². The highest BCUT2D eigenvalue weighted by Gasteiger charge is 2.06. The number of aryl methyl sites for hydroxylation is 1. The number of nitrogens with zero attached hydrogens (tertiary/aromatic N) is 2. The van der Waals surface area contributed by atoms with Gasteiger partial charge >= 0.3 is 0 Å². The van der Waals surface area contributed by atoms with Gasteiger partial charge in [0.1, 0.15) is 5.51 Å². The van der Waals surface area contributed by atoms with Gasteiger partial charge in [-0.2, -0.15) is 0 Å². The molecule has 1 heterocycles. The Morgan fingerprint density at radius 3 is 2.65 bits per heavy atom. The van der Waals surface area contributed by atoms with Crippen LogP contribution in [0.15, 0.2) is 29.8 Å². The largest absolute Gasteiger partial charge is 0.354 e.